The number of hydrogen-bond donors (Lipinski definition) is 2. The van der Waals surface area contributed by atoms with Gasteiger partial charge in [-0.15, -0.1) is 0 Å². The third-order valence-electron chi connectivity index (χ3n) is 3.02. The Morgan fingerprint density at radius 1 is 1.39 bits per heavy atom. The molecule has 0 aromatic rings. The SMILES string of the molecule is CC1(O)CCCN(C(=O)CNCC(F)(F)F)CC1. The molecule has 106 valence electrons. The zero-order chi connectivity index (χ0) is 13.8. The van der Waals surface area contributed by atoms with E-state index in [2.05, 4.69) is 5.32 Å². The van der Waals surface area contributed by atoms with E-state index in [-0.39, 0.29) is 12.5 Å². The normalized spacial score (nSPS) is 25.9. The van der Waals surface area contributed by atoms with Crippen LogP contribution in [-0.2, 0) is 4.79 Å². The number of alkyl halides is 3. The lowest BCUT2D eigenvalue weighted by Crippen LogP contribution is -2.41. The molecule has 1 unspecified atom stereocenters. The van der Waals surface area contributed by atoms with Crippen LogP contribution in [0.25, 0.3) is 0 Å². The fraction of sp³-hybridized carbons (Fsp3) is 0.909. The van der Waals surface area contributed by atoms with Gasteiger partial charge in [-0.2, -0.15) is 13.2 Å². The minimum Gasteiger partial charge on any atom is -0.390 e. The Hall–Kier alpha value is -0.820. The number of nitrogens with one attached hydrogen (secondary N) is 1. The van der Waals surface area contributed by atoms with Crippen molar-refractivity contribution in [3.63, 3.8) is 0 Å². The van der Waals surface area contributed by atoms with Crippen molar-refractivity contribution in [2.45, 2.75) is 38.0 Å². The van der Waals surface area contributed by atoms with Gasteiger partial charge >= 0.3 is 6.18 Å². The van der Waals surface area contributed by atoms with E-state index < -0.39 is 18.3 Å². The first kappa shape index (κ1) is 15.2. The van der Waals surface area contributed by atoms with Crippen molar-refractivity contribution in [3.05, 3.63) is 0 Å². The molecule has 18 heavy (non-hydrogen) atoms. The Labute approximate surface area is 104 Å². The monoisotopic (exact) mass is 268 g/mol. The van der Waals surface area contributed by atoms with Crippen molar-refractivity contribution in [1.29, 1.82) is 0 Å². The molecule has 1 heterocycles. The molecule has 7 heteroatoms. The van der Waals surface area contributed by atoms with E-state index in [4.69, 9.17) is 0 Å². The first-order valence-electron chi connectivity index (χ1n) is 5.97. The Morgan fingerprint density at radius 3 is 2.67 bits per heavy atom. The van der Waals surface area contributed by atoms with Gasteiger partial charge in [0.2, 0.25) is 5.91 Å². The van der Waals surface area contributed by atoms with Gasteiger partial charge in [-0.1, -0.05) is 0 Å². The van der Waals surface area contributed by atoms with E-state index in [1.54, 1.807) is 6.92 Å². The molecule has 0 aromatic carbocycles. The summed E-state index contributed by atoms with van der Waals surface area (Å²) in [5.41, 5.74) is -0.783. The standard InChI is InChI=1S/C11H19F3N2O2/c1-10(18)3-2-5-16(6-4-10)9(17)7-15-8-11(12,13)14/h15,18H,2-8H2,1H3. The quantitative estimate of drug-likeness (QED) is 0.799. The van der Waals surface area contributed by atoms with Crippen LogP contribution in [-0.4, -0.2) is 53.9 Å². The van der Waals surface area contributed by atoms with Gasteiger partial charge in [-0.3, -0.25) is 4.79 Å². The maximum absolute atomic E-state index is 11.9. The largest absolute Gasteiger partial charge is 0.401 e. The van der Waals surface area contributed by atoms with Gasteiger partial charge in [0.05, 0.1) is 18.7 Å². The van der Waals surface area contributed by atoms with Crippen molar-refractivity contribution in [2.75, 3.05) is 26.2 Å². The fourth-order valence-corrected chi connectivity index (χ4v) is 1.94. The van der Waals surface area contributed by atoms with Crippen LogP contribution >= 0.6 is 0 Å². The molecule has 0 radical (unpaired) electrons. The Bertz CT molecular complexity index is 293. The number of likely N-dealkylation sites (tertiary alicyclic amines) is 1. The lowest BCUT2D eigenvalue weighted by Gasteiger charge is -2.22. The van der Waals surface area contributed by atoms with Crippen LogP contribution in [0, 0.1) is 0 Å². The second kappa shape index (κ2) is 5.88. The second-order valence-electron chi connectivity index (χ2n) is 4.95. The minimum atomic E-state index is -4.30. The number of nitrogens with zero attached hydrogens (tertiary/aromatic N) is 1. The van der Waals surface area contributed by atoms with E-state index in [0.717, 1.165) is 0 Å². The van der Waals surface area contributed by atoms with Crippen LogP contribution in [0.2, 0.25) is 0 Å². The summed E-state index contributed by atoms with van der Waals surface area (Å²) >= 11 is 0. The molecule has 0 aliphatic carbocycles. The molecule has 0 aromatic heterocycles. The van der Waals surface area contributed by atoms with E-state index in [1.807, 2.05) is 0 Å². The van der Waals surface area contributed by atoms with Crippen molar-refractivity contribution in [1.82, 2.24) is 10.2 Å². The van der Waals surface area contributed by atoms with Gasteiger partial charge in [-0.05, 0) is 26.2 Å². The first-order chi connectivity index (χ1) is 8.20. The van der Waals surface area contributed by atoms with Gasteiger partial charge in [-0.25, -0.2) is 0 Å². The molecule has 1 aliphatic rings. The van der Waals surface area contributed by atoms with Crippen LogP contribution < -0.4 is 5.32 Å². The molecular formula is C11H19F3N2O2. The molecule has 0 bridgehead atoms. The van der Waals surface area contributed by atoms with Crippen molar-refractivity contribution < 1.29 is 23.1 Å². The number of carbonyl (C=O) groups is 1. The number of carbonyl (C=O) groups excluding carboxylic acids is 1. The molecule has 1 amide bonds. The lowest BCUT2D eigenvalue weighted by atomic mass is 9.98. The molecule has 1 rings (SSSR count). The highest BCUT2D eigenvalue weighted by Crippen LogP contribution is 2.21. The number of rotatable bonds is 3. The molecule has 1 saturated heterocycles. The van der Waals surface area contributed by atoms with E-state index in [0.29, 0.717) is 32.4 Å². The van der Waals surface area contributed by atoms with Crippen LogP contribution in [0.15, 0.2) is 0 Å². The van der Waals surface area contributed by atoms with Gasteiger partial charge < -0.3 is 15.3 Å². The third-order valence-corrected chi connectivity index (χ3v) is 3.02. The highest BCUT2D eigenvalue weighted by atomic mass is 19.4. The highest BCUT2D eigenvalue weighted by molar-refractivity contribution is 5.78. The van der Waals surface area contributed by atoms with Gasteiger partial charge in [0.1, 0.15) is 0 Å². The smallest absolute Gasteiger partial charge is 0.390 e. The first-order valence-corrected chi connectivity index (χ1v) is 5.97. The molecule has 1 fully saturated rings. The molecule has 2 N–H and O–H groups in total. The molecule has 1 aliphatic heterocycles. The van der Waals surface area contributed by atoms with Crippen molar-refractivity contribution >= 4 is 5.91 Å². The zero-order valence-corrected chi connectivity index (χ0v) is 10.4. The average molecular weight is 268 g/mol. The van der Waals surface area contributed by atoms with E-state index >= 15 is 0 Å². The number of amides is 1. The predicted molar refractivity (Wildman–Crippen MR) is 60.0 cm³/mol. The Balaban J connectivity index is 2.34. The van der Waals surface area contributed by atoms with Gasteiger partial charge in [0.25, 0.3) is 0 Å². The summed E-state index contributed by atoms with van der Waals surface area (Å²) in [6, 6.07) is 0. The third kappa shape index (κ3) is 5.68. The van der Waals surface area contributed by atoms with Crippen molar-refractivity contribution in [3.8, 4) is 0 Å². The maximum atomic E-state index is 11.9. The summed E-state index contributed by atoms with van der Waals surface area (Å²) in [6.45, 7) is 1.11. The minimum absolute atomic E-state index is 0.318. The summed E-state index contributed by atoms with van der Waals surface area (Å²) < 4.78 is 35.7. The molecule has 1 atom stereocenters. The molecular weight excluding hydrogens is 249 g/mol. The van der Waals surface area contributed by atoms with Crippen LogP contribution in [0.5, 0.6) is 0 Å². The summed E-state index contributed by atoms with van der Waals surface area (Å²) in [5, 5.41) is 11.9. The van der Waals surface area contributed by atoms with E-state index in [9.17, 15) is 23.1 Å². The summed E-state index contributed by atoms with van der Waals surface area (Å²) in [4.78, 5) is 13.2. The van der Waals surface area contributed by atoms with Gasteiger partial charge in [0, 0.05) is 13.1 Å². The number of halogens is 3. The summed E-state index contributed by atoms with van der Waals surface area (Å²) in [6.07, 6.45) is -2.58. The van der Waals surface area contributed by atoms with Crippen LogP contribution in [0.1, 0.15) is 26.2 Å². The lowest BCUT2D eigenvalue weighted by molar-refractivity contribution is -0.134. The Kier molecular flexibility index (Phi) is 4.98. The van der Waals surface area contributed by atoms with E-state index in [1.165, 1.54) is 4.90 Å². The molecule has 4 nitrogen and oxygen atoms in total. The highest BCUT2D eigenvalue weighted by Gasteiger charge is 2.29. The van der Waals surface area contributed by atoms with Gasteiger partial charge in [0.15, 0.2) is 0 Å². The molecule has 0 spiro atoms. The second-order valence-corrected chi connectivity index (χ2v) is 4.95. The number of aliphatic hydroxyl groups is 1. The fourth-order valence-electron chi connectivity index (χ4n) is 1.94. The summed E-state index contributed by atoms with van der Waals surface area (Å²) in [5.74, 6) is -0.350. The van der Waals surface area contributed by atoms with Crippen LogP contribution in [0.3, 0.4) is 0 Å². The van der Waals surface area contributed by atoms with Crippen LogP contribution in [0.4, 0.5) is 13.2 Å². The summed E-state index contributed by atoms with van der Waals surface area (Å²) in [7, 11) is 0. The topological polar surface area (TPSA) is 52.6 Å². The van der Waals surface area contributed by atoms with Crippen molar-refractivity contribution in [2.24, 2.45) is 0 Å². The predicted octanol–water partition coefficient (Wildman–Crippen LogP) is 0.902. The maximum Gasteiger partial charge on any atom is 0.401 e. The average Bonchev–Trinajstić information content (AvgIpc) is 2.37. The Morgan fingerprint density at radius 2 is 2.06 bits per heavy atom. The number of hydrogen-bond acceptors (Lipinski definition) is 3. The molecule has 0 saturated carbocycles. The zero-order valence-electron chi connectivity index (χ0n) is 10.4.